The molecule has 1 N–H and O–H groups in total. The van der Waals surface area contributed by atoms with Crippen LogP contribution in [0, 0.1) is 0 Å². The lowest BCUT2D eigenvalue weighted by Crippen LogP contribution is -2.12. The summed E-state index contributed by atoms with van der Waals surface area (Å²) in [7, 11) is 1.62. The van der Waals surface area contributed by atoms with Crippen molar-refractivity contribution < 1.29 is 19.0 Å². The van der Waals surface area contributed by atoms with Crippen molar-refractivity contribution in [2.24, 2.45) is 0 Å². The highest BCUT2D eigenvalue weighted by Crippen LogP contribution is 2.31. The van der Waals surface area contributed by atoms with E-state index in [-0.39, 0.29) is 5.91 Å². The lowest BCUT2D eigenvalue weighted by Gasteiger charge is -2.13. The summed E-state index contributed by atoms with van der Waals surface area (Å²) in [5, 5.41) is 3.37. The number of aromatic nitrogens is 2. The first-order valence-electron chi connectivity index (χ1n) is 9.70. The number of benzene rings is 2. The molecular weight excluding hydrogens is 414 g/mol. The van der Waals surface area contributed by atoms with E-state index >= 15 is 0 Å². The van der Waals surface area contributed by atoms with Crippen LogP contribution in [-0.4, -0.2) is 29.6 Å². The summed E-state index contributed by atoms with van der Waals surface area (Å²) in [5.74, 6) is 1.55. The molecule has 4 rings (SSSR count). The van der Waals surface area contributed by atoms with Crippen molar-refractivity contribution in [3.8, 4) is 17.2 Å². The number of anilines is 1. The highest BCUT2D eigenvalue weighted by Gasteiger charge is 2.14. The molecule has 7 nitrogen and oxygen atoms in total. The number of nitrogens with one attached hydrogen (secondary N) is 1. The van der Waals surface area contributed by atoms with Crippen LogP contribution >= 0.6 is 11.3 Å². The van der Waals surface area contributed by atoms with E-state index in [9.17, 15) is 4.79 Å². The number of hydrogen-bond donors (Lipinski definition) is 1. The predicted molar refractivity (Wildman–Crippen MR) is 120 cm³/mol. The highest BCUT2D eigenvalue weighted by molar-refractivity contribution is 7.22. The Hall–Kier alpha value is -3.65. The van der Waals surface area contributed by atoms with Crippen molar-refractivity contribution in [2.75, 3.05) is 19.0 Å². The van der Waals surface area contributed by atoms with Crippen LogP contribution in [0.3, 0.4) is 0 Å². The van der Waals surface area contributed by atoms with Crippen LogP contribution in [0.2, 0.25) is 0 Å². The summed E-state index contributed by atoms with van der Waals surface area (Å²) in [4.78, 5) is 21.3. The van der Waals surface area contributed by atoms with Crippen molar-refractivity contribution >= 4 is 32.6 Å². The SMILES string of the molecule is CCOc1cc(C(=O)Nc2nc3ccc(OC)cc3s2)ccc1OCc1cccnc1. The van der Waals surface area contributed by atoms with Gasteiger partial charge < -0.3 is 14.2 Å². The predicted octanol–water partition coefficient (Wildman–Crippen LogP) is 4.93. The van der Waals surface area contributed by atoms with E-state index in [2.05, 4.69) is 15.3 Å². The third-order valence-electron chi connectivity index (χ3n) is 4.44. The molecule has 0 saturated heterocycles. The van der Waals surface area contributed by atoms with Crippen LogP contribution in [0.5, 0.6) is 17.2 Å². The number of nitrogens with zero attached hydrogens (tertiary/aromatic N) is 2. The van der Waals surface area contributed by atoms with E-state index < -0.39 is 0 Å². The molecule has 0 aliphatic heterocycles. The van der Waals surface area contributed by atoms with Gasteiger partial charge in [-0.15, -0.1) is 0 Å². The van der Waals surface area contributed by atoms with Crippen molar-refractivity contribution in [1.82, 2.24) is 9.97 Å². The van der Waals surface area contributed by atoms with Gasteiger partial charge in [-0.05, 0) is 49.4 Å². The number of methoxy groups -OCH3 is 1. The van der Waals surface area contributed by atoms with Gasteiger partial charge in [-0.25, -0.2) is 4.98 Å². The second-order valence-corrected chi connectivity index (χ2v) is 7.58. The molecule has 0 atom stereocenters. The zero-order chi connectivity index (χ0) is 21.6. The van der Waals surface area contributed by atoms with Crippen LogP contribution in [0.4, 0.5) is 5.13 Å². The summed E-state index contributed by atoms with van der Waals surface area (Å²) in [5.41, 5.74) is 2.20. The molecule has 0 spiro atoms. The van der Waals surface area contributed by atoms with Gasteiger partial charge in [0.15, 0.2) is 16.6 Å². The Labute approximate surface area is 183 Å². The van der Waals surface area contributed by atoms with Crippen molar-refractivity contribution in [3.63, 3.8) is 0 Å². The van der Waals surface area contributed by atoms with Gasteiger partial charge in [0.25, 0.3) is 5.91 Å². The fourth-order valence-corrected chi connectivity index (χ4v) is 3.83. The molecule has 0 fully saturated rings. The molecule has 2 heterocycles. The maximum Gasteiger partial charge on any atom is 0.257 e. The maximum atomic E-state index is 12.8. The molecule has 1 amide bonds. The van der Waals surface area contributed by atoms with Crippen molar-refractivity contribution in [2.45, 2.75) is 13.5 Å². The summed E-state index contributed by atoms with van der Waals surface area (Å²) in [6.07, 6.45) is 3.46. The van der Waals surface area contributed by atoms with Crippen LogP contribution in [0.15, 0.2) is 60.9 Å². The Balaban J connectivity index is 1.50. The average Bonchev–Trinajstić information content (AvgIpc) is 3.20. The van der Waals surface area contributed by atoms with Crippen molar-refractivity contribution in [1.29, 1.82) is 0 Å². The Morgan fingerprint density at radius 3 is 2.77 bits per heavy atom. The minimum atomic E-state index is -0.272. The quantitative estimate of drug-likeness (QED) is 0.423. The van der Waals surface area contributed by atoms with Gasteiger partial charge in [0.2, 0.25) is 0 Å². The molecule has 31 heavy (non-hydrogen) atoms. The number of amides is 1. The fourth-order valence-electron chi connectivity index (χ4n) is 2.94. The Morgan fingerprint density at radius 2 is 2.00 bits per heavy atom. The number of hydrogen-bond acceptors (Lipinski definition) is 7. The number of thiazole rings is 1. The first-order valence-corrected chi connectivity index (χ1v) is 10.5. The number of pyridine rings is 1. The van der Waals surface area contributed by atoms with Gasteiger partial charge in [-0.2, -0.15) is 0 Å². The molecule has 4 aromatic rings. The normalized spacial score (nSPS) is 10.6. The minimum Gasteiger partial charge on any atom is -0.497 e. The topological polar surface area (TPSA) is 82.6 Å². The van der Waals surface area contributed by atoms with Crippen molar-refractivity contribution in [3.05, 3.63) is 72.1 Å². The van der Waals surface area contributed by atoms with Gasteiger partial charge in [-0.3, -0.25) is 15.1 Å². The van der Waals surface area contributed by atoms with E-state index in [4.69, 9.17) is 14.2 Å². The summed E-state index contributed by atoms with van der Waals surface area (Å²) < 4.78 is 17.7. The number of ether oxygens (including phenoxy) is 3. The molecule has 158 valence electrons. The Bertz CT molecular complexity index is 1190. The summed E-state index contributed by atoms with van der Waals surface area (Å²) in [6, 6.07) is 14.5. The second-order valence-electron chi connectivity index (χ2n) is 6.55. The molecule has 0 aliphatic rings. The van der Waals surface area contributed by atoms with E-state index in [1.807, 2.05) is 37.3 Å². The monoisotopic (exact) mass is 435 g/mol. The Kier molecular flexibility index (Phi) is 6.28. The lowest BCUT2D eigenvalue weighted by molar-refractivity contribution is 0.102. The third kappa shape index (κ3) is 4.92. The van der Waals surface area contributed by atoms with E-state index in [1.54, 1.807) is 37.7 Å². The summed E-state index contributed by atoms with van der Waals surface area (Å²) in [6.45, 7) is 2.69. The van der Waals surface area contributed by atoms with Gasteiger partial charge in [0, 0.05) is 23.5 Å². The third-order valence-corrected chi connectivity index (χ3v) is 5.37. The number of carbonyl (C=O) groups is 1. The first-order chi connectivity index (χ1) is 15.2. The smallest absolute Gasteiger partial charge is 0.257 e. The van der Waals surface area contributed by atoms with Gasteiger partial charge in [0.05, 0.1) is 23.9 Å². The largest absolute Gasteiger partial charge is 0.497 e. The summed E-state index contributed by atoms with van der Waals surface area (Å²) >= 11 is 1.39. The van der Waals surface area contributed by atoms with Crippen LogP contribution in [-0.2, 0) is 6.61 Å². The average molecular weight is 436 g/mol. The van der Waals surface area contributed by atoms with Gasteiger partial charge in [-0.1, -0.05) is 17.4 Å². The molecule has 0 bridgehead atoms. The second kappa shape index (κ2) is 9.44. The zero-order valence-corrected chi connectivity index (χ0v) is 17.9. The van der Waals surface area contributed by atoms with E-state index in [0.29, 0.717) is 35.4 Å². The number of rotatable bonds is 8. The highest BCUT2D eigenvalue weighted by atomic mass is 32.1. The maximum absolute atomic E-state index is 12.8. The standard InChI is InChI=1S/C23H21N3O4S/c1-3-29-20-11-16(6-9-19(20)30-14-15-5-4-10-24-13-15)22(27)26-23-25-18-8-7-17(28-2)12-21(18)31-23/h4-13H,3,14H2,1-2H3,(H,25,26,27). The van der Waals surface area contributed by atoms with Crippen LogP contribution in [0.1, 0.15) is 22.8 Å². The van der Waals surface area contributed by atoms with Crippen LogP contribution < -0.4 is 19.5 Å². The number of carbonyl (C=O) groups excluding carboxylic acids is 1. The van der Waals surface area contributed by atoms with E-state index in [1.165, 1.54) is 11.3 Å². The molecule has 0 saturated carbocycles. The van der Waals surface area contributed by atoms with E-state index in [0.717, 1.165) is 21.5 Å². The molecule has 0 radical (unpaired) electrons. The molecule has 8 heteroatoms. The molecule has 2 aromatic heterocycles. The molecule has 0 aliphatic carbocycles. The fraction of sp³-hybridized carbons (Fsp3) is 0.174. The lowest BCUT2D eigenvalue weighted by atomic mass is 10.2. The molecule has 2 aromatic carbocycles. The molecular formula is C23H21N3O4S. The van der Waals surface area contributed by atoms with Gasteiger partial charge in [0.1, 0.15) is 12.4 Å². The molecule has 0 unspecified atom stereocenters. The Morgan fingerprint density at radius 1 is 1.10 bits per heavy atom. The first kappa shape index (κ1) is 20.6. The minimum absolute atomic E-state index is 0.272. The van der Waals surface area contributed by atoms with Crippen LogP contribution in [0.25, 0.3) is 10.2 Å². The zero-order valence-electron chi connectivity index (χ0n) is 17.1. The van der Waals surface area contributed by atoms with Gasteiger partial charge >= 0.3 is 0 Å². The number of fused-ring (bicyclic) bond motifs is 1.